The van der Waals surface area contributed by atoms with Crippen LogP contribution in [0.1, 0.15) is 6.92 Å². The number of amides is 1. The third-order valence-corrected chi connectivity index (χ3v) is 6.65. The topological polar surface area (TPSA) is 118 Å². The van der Waals surface area contributed by atoms with Crippen LogP contribution in [0.4, 0.5) is 5.69 Å². The molecule has 0 aromatic heterocycles. The van der Waals surface area contributed by atoms with Gasteiger partial charge < -0.3 is 5.32 Å². The van der Waals surface area contributed by atoms with Crippen LogP contribution in [0.15, 0.2) is 62.8 Å². The number of carbonyl (C=O) groups is 1. The molecule has 150 valence electrons. The maximum Gasteiger partial charge on any atom is 0.270 e. The summed E-state index contributed by atoms with van der Waals surface area (Å²) < 4.78 is 27.7. The summed E-state index contributed by atoms with van der Waals surface area (Å²) in [7, 11) is -3.90. The average Bonchev–Trinajstić information content (AvgIpc) is 2.67. The Morgan fingerprint density at radius 3 is 2.54 bits per heavy atom. The summed E-state index contributed by atoms with van der Waals surface area (Å²) in [5.41, 5.74) is -0.310. The summed E-state index contributed by atoms with van der Waals surface area (Å²) in [4.78, 5) is 23.0. The smallest absolute Gasteiger partial charge is 0.270 e. The number of halogens is 1. The Morgan fingerprint density at radius 1 is 1.21 bits per heavy atom. The fourth-order valence-electron chi connectivity index (χ4n) is 2.13. The Morgan fingerprint density at radius 2 is 1.89 bits per heavy atom. The van der Waals surface area contributed by atoms with Crippen LogP contribution in [0, 0.1) is 10.1 Å². The van der Waals surface area contributed by atoms with Crippen LogP contribution < -0.4 is 10.0 Å². The van der Waals surface area contributed by atoms with Crippen molar-refractivity contribution in [1.29, 1.82) is 0 Å². The number of nitrogens with zero attached hydrogens (tertiary/aromatic N) is 1. The highest BCUT2D eigenvalue weighted by Gasteiger charge is 2.18. The number of nitrogens with one attached hydrogen (secondary N) is 2. The van der Waals surface area contributed by atoms with Gasteiger partial charge in [0, 0.05) is 34.6 Å². The van der Waals surface area contributed by atoms with E-state index in [0.29, 0.717) is 0 Å². The van der Waals surface area contributed by atoms with E-state index in [0.717, 1.165) is 15.4 Å². The van der Waals surface area contributed by atoms with Crippen molar-refractivity contribution in [1.82, 2.24) is 10.0 Å². The van der Waals surface area contributed by atoms with Gasteiger partial charge in [0.05, 0.1) is 15.1 Å². The van der Waals surface area contributed by atoms with Gasteiger partial charge in [-0.3, -0.25) is 14.9 Å². The summed E-state index contributed by atoms with van der Waals surface area (Å²) in [6, 6.07) is 12.3. The van der Waals surface area contributed by atoms with Gasteiger partial charge in [0.2, 0.25) is 15.9 Å². The molecule has 0 saturated heterocycles. The quantitative estimate of drug-likeness (QED) is 0.243. The lowest BCUT2D eigenvalue weighted by molar-refractivity contribution is -0.385. The van der Waals surface area contributed by atoms with Gasteiger partial charge in [-0.1, -0.05) is 22.0 Å². The predicted molar refractivity (Wildman–Crippen MR) is 111 cm³/mol. The zero-order chi connectivity index (χ0) is 20.7. The minimum Gasteiger partial charge on any atom is -0.354 e. The fraction of sp³-hybridized carbons (Fsp3) is 0.235. The molecule has 2 aromatic carbocycles. The van der Waals surface area contributed by atoms with Crippen LogP contribution in [-0.4, -0.2) is 37.6 Å². The molecule has 1 amide bonds. The fourth-order valence-corrected chi connectivity index (χ4v) is 4.36. The van der Waals surface area contributed by atoms with Crippen molar-refractivity contribution in [3.05, 3.63) is 63.1 Å². The number of hydrogen-bond donors (Lipinski definition) is 2. The summed E-state index contributed by atoms with van der Waals surface area (Å²) in [6.07, 6.45) is 0. The molecule has 1 unspecified atom stereocenters. The van der Waals surface area contributed by atoms with E-state index in [1.54, 1.807) is 6.92 Å². The Balaban J connectivity index is 1.82. The zero-order valence-electron chi connectivity index (χ0n) is 14.8. The standard InChI is InChI=1S/C17H18BrN3O5S2/c1-12(27-15-7-5-13(18)6-8-15)17(22)19-9-10-20-28(25,26)16-4-2-3-14(11-16)21(23)24/h2-8,11-12,20H,9-10H2,1H3,(H,19,22). The Bertz CT molecular complexity index is 952. The first-order valence-electron chi connectivity index (χ1n) is 8.13. The van der Waals surface area contributed by atoms with E-state index in [1.165, 1.54) is 30.0 Å². The SMILES string of the molecule is CC(Sc1ccc(Br)cc1)C(=O)NCCNS(=O)(=O)c1cccc([N+](=O)[O-])c1. The van der Waals surface area contributed by atoms with E-state index in [9.17, 15) is 23.3 Å². The molecule has 0 fully saturated rings. The van der Waals surface area contributed by atoms with E-state index >= 15 is 0 Å². The van der Waals surface area contributed by atoms with Crippen molar-refractivity contribution < 1.29 is 18.1 Å². The molecule has 2 aromatic rings. The minimum atomic E-state index is -3.90. The lowest BCUT2D eigenvalue weighted by Gasteiger charge is -2.12. The summed E-state index contributed by atoms with van der Waals surface area (Å²) >= 11 is 4.74. The lowest BCUT2D eigenvalue weighted by atomic mass is 10.3. The van der Waals surface area contributed by atoms with E-state index in [1.807, 2.05) is 24.3 Å². The maximum absolute atomic E-state index is 12.2. The van der Waals surface area contributed by atoms with Crippen LogP contribution >= 0.6 is 27.7 Å². The molecule has 0 aliphatic heterocycles. The molecule has 11 heteroatoms. The largest absolute Gasteiger partial charge is 0.354 e. The zero-order valence-corrected chi connectivity index (χ0v) is 18.0. The number of hydrogen-bond acceptors (Lipinski definition) is 6. The Hall–Kier alpha value is -1.95. The number of nitro groups is 1. The van der Waals surface area contributed by atoms with Crippen LogP contribution in [0.3, 0.4) is 0 Å². The van der Waals surface area contributed by atoms with Crippen LogP contribution in [0.25, 0.3) is 0 Å². The third kappa shape index (κ3) is 6.59. The van der Waals surface area contributed by atoms with Gasteiger partial charge in [-0.25, -0.2) is 13.1 Å². The summed E-state index contributed by atoms with van der Waals surface area (Å²) in [6.45, 7) is 1.82. The summed E-state index contributed by atoms with van der Waals surface area (Å²) in [5, 5.41) is 13.1. The number of sulfonamides is 1. The van der Waals surface area contributed by atoms with Crippen molar-refractivity contribution >= 4 is 49.3 Å². The van der Waals surface area contributed by atoms with Crippen molar-refractivity contribution in [2.45, 2.75) is 22.0 Å². The first-order valence-corrected chi connectivity index (χ1v) is 11.3. The molecule has 0 spiro atoms. The van der Waals surface area contributed by atoms with Gasteiger partial charge in [0.25, 0.3) is 5.69 Å². The van der Waals surface area contributed by atoms with E-state index in [-0.39, 0.29) is 34.8 Å². The third-order valence-electron chi connectivity index (χ3n) is 3.55. The molecule has 0 saturated carbocycles. The number of non-ortho nitro benzene ring substituents is 1. The molecule has 2 rings (SSSR count). The Labute approximate surface area is 175 Å². The van der Waals surface area contributed by atoms with Gasteiger partial charge >= 0.3 is 0 Å². The molecule has 28 heavy (non-hydrogen) atoms. The van der Waals surface area contributed by atoms with Crippen LogP contribution in [0.5, 0.6) is 0 Å². The molecular weight excluding hydrogens is 470 g/mol. The van der Waals surface area contributed by atoms with Crippen LogP contribution in [0.2, 0.25) is 0 Å². The minimum absolute atomic E-state index is 0.0353. The number of rotatable bonds is 9. The van der Waals surface area contributed by atoms with Crippen molar-refractivity contribution in [3.63, 3.8) is 0 Å². The van der Waals surface area contributed by atoms with Gasteiger partial charge in [0.1, 0.15) is 0 Å². The van der Waals surface area contributed by atoms with Crippen LogP contribution in [-0.2, 0) is 14.8 Å². The van der Waals surface area contributed by atoms with E-state index in [4.69, 9.17) is 0 Å². The molecular formula is C17H18BrN3O5S2. The van der Waals surface area contributed by atoms with Crippen molar-refractivity contribution in [3.8, 4) is 0 Å². The molecule has 2 N–H and O–H groups in total. The van der Waals surface area contributed by atoms with Crippen molar-refractivity contribution in [2.75, 3.05) is 13.1 Å². The maximum atomic E-state index is 12.2. The Kier molecular flexibility index (Phi) is 7.98. The highest BCUT2D eigenvalue weighted by molar-refractivity contribution is 9.10. The van der Waals surface area contributed by atoms with E-state index in [2.05, 4.69) is 26.0 Å². The normalized spacial score (nSPS) is 12.4. The highest BCUT2D eigenvalue weighted by Crippen LogP contribution is 2.24. The second-order valence-electron chi connectivity index (χ2n) is 5.66. The number of nitro benzene ring substituents is 1. The number of thioether (sulfide) groups is 1. The lowest BCUT2D eigenvalue weighted by Crippen LogP contribution is -2.37. The van der Waals surface area contributed by atoms with Gasteiger partial charge in [0.15, 0.2) is 0 Å². The second-order valence-corrected chi connectivity index (χ2v) is 9.75. The number of benzene rings is 2. The number of carbonyl (C=O) groups excluding carboxylic acids is 1. The summed E-state index contributed by atoms with van der Waals surface area (Å²) in [5.74, 6) is -0.220. The molecule has 0 heterocycles. The average molecular weight is 488 g/mol. The molecule has 8 nitrogen and oxygen atoms in total. The first kappa shape index (κ1) is 22.3. The molecule has 0 aliphatic carbocycles. The predicted octanol–water partition coefficient (Wildman–Crippen LogP) is 2.93. The van der Waals surface area contributed by atoms with Crippen molar-refractivity contribution in [2.24, 2.45) is 0 Å². The highest BCUT2D eigenvalue weighted by atomic mass is 79.9. The molecule has 0 bridgehead atoms. The molecule has 0 radical (unpaired) electrons. The van der Waals surface area contributed by atoms with Gasteiger partial charge in [-0.05, 0) is 37.3 Å². The monoisotopic (exact) mass is 487 g/mol. The second kappa shape index (κ2) is 10.0. The molecule has 1 atom stereocenters. The molecule has 0 aliphatic rings. The van der Waals surface area contributed by atoms with Gasteiger partial charge in [-0.2, -0.15) is 0 Å². The van der Waals surface area contributed by atoms with Gasteiger partial charge in [-0.15, -0.1) is 11.8 Å². The van der Waals surface area contributed by atoms with E-state index < -0.39 is 14.9 Å². The first-order chi connectivity index (χ1) is 13.2.